The normalized spacial score (nSPS) is 18.9. The lowest BCUT2D eigenvalue weighted by Crippen LogP contribution is -2.39. The first-order chi connectivity index (χ1) is 15.3. The van der Waals surface area contributed by atoms with Crippen LogP contribution in [0.3, 0.4) is 0 Å². The van der Waals surface area contributed by atoms with Gasteiger partial charge < -0.3 is 14.4 Å². The molecule has 1 saturated heterocycles. The van der Waals surface area contributed by atoms with Crippen molar-refractivity contribution in [1.82, 2.24) is 9.21 Å². The number of halogens is 1. The van der Waals surface area contributed by atoms with Gasteiger partial charge in [0.05, 0.1) is 5.02 Å². The predicted octanol–water partition coefficient (Wildman–Crippen LogP) is 3.80. The Morgan fingerprint density at radius 3 is 2.66 bits per heavy atom. The molecule has 2 aliphatic rings. The number of nitrogens with zero attached hydrogens (tertiary/aromatic N) is 2. The van der Waals surface area contributed by atoms with E-state index in [9.17, 15) is 13.2 Å². The van der Waals surface area contributed by atoms with Gasteiger partial charge in [-0.3, -0.25) is 4.79 Å². The number of carbonyl (C=O) groups excluding carboxylic acids is 1. The van der Waals surface area contributed by atoms with Gasteiger partial charge in [-0.1, -0.05) is 24.6 Å². The molecule has 1 fully saturated rings. The Morgan fingerprint density at radius 1 is 1.16 bits per heavy atom. The van der Waals surface area contributed by atoms with Gasteiger partial charge >= 0.3 is 0 Å². The molecule has 2 aromatic carbocycles. The number of fused-ring (bicyclic) bond motifs is 1. The molecular weight excluding hydrogens is 452 g/mol. The first-order valence-electron chi connectivity index (χ1n) is 10.7. The van der Waals surface area contributed by atoms with Crippen LogP contribution < -0.4 is 9.47 Å². The summed E-state index contributed by atoms with van der Waals surface area (Å²) in [7, 11) is -2.10. The van der Waals surface area contributed by atoms with Crippen molar-refractivity contribution in [2.75, 3.05) is 33.4 Å². The zero-order valence-corrected chi connectivity index (χ0v) is 19.8. The molecule has 0 radical (unpaired) electrons. The smallest absolute Gasteiger partial charge is 0.253 e. The van der Waals surface area contributed by atoms with Crippen molar-refractivity contribution in [3.63, 3.8) is 0 Å². The summed E-state index contributed by atoms with van der Waals surface area (Å²) in [6.07, 6.45) is 1.82. The van der Waals surface area contributed by atoms with Crippen LogP contribution in [0.5, 0.6) is 11.5 Å². The van der Waals surface area contributed by atoms with Crippen LogP contribution in [0.25, 0.3) is 0 Å². The fourth-order valence-electron chi connectivity index (χ4n) is 4.09. The van der Waals surface area contributed by atoms with E-state index in [1.165, 1.54) is 21.3 Å². The summed E-state index contributed by atoms with van der Waals surface area (Å²) >= 11 is 6.26. The van der Waals surface area contributed by atoms with E-state index in [2.05, 4.69) is 0 Å². The number of carbonyl (C=O) groups is 1. The molecule has 2 heterocycles. The fraction of sp³-hybridized carbons (Fsp3) is 0.435. The van der Waals surface area contributed by atoms with Crippen LogP contribution in [0.4, 0.5) is 0 Å². The topological polar surface area (TPSA) is 76.2 Å². The first-order valence-corrected chi connectivity index (χ1v) is 12.5. The SMILES string of the molecule is CC1CCCN(S(=O)(=O)c2cc(C(=O)N(C)Cc3ccc4c(c3)OCCO4)ccc2Cl)C1. The molecule has 0 aliphatic carbocycles. The Kier molecular flexibility index (Phi) is 6.65. The number of sulfonamides is 1. The number of piperidine rings is 1. The van der Waals surface area contributed by atoms with Crippen molar-refractivity contribution in [3.05, 3.63) is 52.5 Å². The summed E-state index contributed by atoms with van der Waals surface area (Å²) in [6.45, 7) is 4.30. The lowest BCUT2D eigenvalue weighted by molar-refractivity contribution is 0.0784. The monoisotopic (exact) mass is 478 g/mol. The Labute approximate surface area is 193 Å². The number of ether oxygens (including phenoxy) is 2. The van der Waals surface area contributed by atoms with E-state index in [1.807, 2.05) is 25.1 Å². The summed E-state index contributed by atoms with van der Waals surface area (Å²) in [6, 6.07) is 9.99. The van der Waals surface area contributed by atoms with Crippen LogP contribution in [0.1, 0.15) is 35.7 Å². The second-order valence-electron chi connectivity index (χ2n) is 8.39. The zero-order valence-electron chi connectivity index (χ0n) is 18.2. The average Bonchev–Trinajstić information content (AvgIpc) is 2.78. The van der Waals surface area contributed by atoms with Gasteiger partial charge in [0, 0.05) is 32.2 Å². The molecule has 0 N–H and O–H groups in total. The van der Waals surface area contributed by atoms with Gasteiger partial charge in [-0.2, -0.15) is 4.31 Å². The third kappa shape index (κ3) is 4.72. The Bertz CT molecular complexity index is 1120. The number of rotatable bonds is 5. The summed E-state index contributed by atoms with van der Waals surface area (Å²) < 4.78 is 39.0. The highest BCUT2D eigenvalue weighted by atomic mass is 35.5. The maximum atomic E-state index is 13.2. The second-order valence-corrected chi connectivity index (χ2v) is 10.7. The lowest BCUT2D eigenvalue weighted by Gasteiger charge is -2.30. The first kappa shape index (κ1) is 22.9. The van der Waals surface area contributed by atoms with Crippen LogP contribution in [0.2, 0.25) is 5.02 Å². The zero-order chi connectivity index (χ0) is 22.9. The molecule has 32 heavy (non-hydrogen) atoms. The van der Waals surface area contributed by atoms with Gasteiger partial charge in [0.1, 0.15) is 18.1 Å². The molecule has 172 valence electrons. The Balaban J connectivity index is 1.54. The van der Waals surface area contributed by atoms with Gasteiger partial charge in [0.25, 0.3) is 5.91 Å². The minimum atomic E-state index is -3.78. The van der Waals surface area contributed by atoms with Crippen molar-refractivity contribution in [2.45, 2.75) is 31.2 Å². The Morgan fingerprint density at radius 2 is 1.91 bits per heavy atom. The van der Waals surface area contributed by atoms with Crippen molar-refractivity contribution >= 4 is 27.5 Å². The number of hydrogen-bond acceptors (Lipinski definition) is 5. The predicted molar refractivity (Wildman–Crippen MR) is 122 cm³/mol. The van der Waals surface area contributed by atoms with E-state index in [4.69, 9.17) is 21.1 Å². The highest BCUT2D eigenvalue weighted by Gasteiger charge is 2.31. The highest BCUT2D eigenvalue weighted by Crippen LogP contribution is 2.32. The minimum Gasteiger partial charge on any atom is -0.486 e. The van der Waals surface area contributed by atoms with Crippen molar-refractivity contribution in [2.24, 2.45) is 5.92 Å². The molecule has 0 saturated carbocycles. The fourth-order valence-corrected chi connectivity index (χ4v) is 6.19. The number of benzene rings is 2. The highest BCUT2D eigenvalue weighted by molar-refractivity contribution is 7.89. The molecule has 4 rings (SSSR count). The maximum absolute atomic E-state index is 13.2. The molecule has 7 nitrogen and oxygen atoms in total. The minimum absolute atomic E-state index is 0.0214. The Hall–Kier alpha value is -2.29. The molecule has 1 atom stereocenters. The molecule has 9 heteroatoms. The van der Waals surface area contributed by atoms with E-state index in [0.717, 1.165) is 18.4 Å². The number of hydrogen-bond donors (Lipinski definition) is 0. The molecule has 1 unspecified atom stereocenters. The van der Waals surface area contributed by atoms with Gasteiger partial charge in [0.15, 0.2) is 11.5 Å². The van der Waals surface area contributed by atoms with Crippen molar-refractivity contribution in [3.8, 4) is 11.5 Å². The molecule has 0 bridgehead atoms. The largest absolute Gasteiger partial charge is 0.486 e. The summed E-state index contributed by atoms with van der Waals surface area (Å²) in [5.41, 5.74) is 1.16. The lowest BCUT2D eigenvalue weighted by atomic mass is 10.0. The van der Waals surface area contributed by atoms with E-state index in [-0.39, 0.29) is 21.4 Å². The van der Waals surface area contributed by atoms with Gasteiger partial charge in [-0.25, -0.2) is 8.42 Å². The second kappa shape index (κ2) is 9.29. The van der Waals surface area contributed by atoms with Crippen LogP contribution in [-0.2, 0) is 16.6 Å². The van der Waals surface area contributed by atoms with Crippen LogP contribution in [-0.4, -0.2) is 56.9 Å². The summed E-state index contributed by atoms with van der Waals surface area (Å²) in [5, 5.41) is 0.120. The molecule has 1 amide bonds. The van der Waals surface area contributed by atoms with E-state index < -0.39 is 10.0 Å². The number of amides is 1. The van der Waals surface area contributed by atoms with Gasteiger partial charge in [0.2, 0.25) is 10.0 Å². The molecule has 0 spiro atoms. The van der Waals surface area contributed by atoms with E-state index >= 15 is 0 Å². The maximum Gasteiger partial charge on any atom is 0.253 e. The van der Waals surface area contributed by atoms with Crippen LogP contribution in [0, 0.1) is 5.92 Å². The average molecular weight is 479 g/mol. The third-order valence-corrected chi connectivity index (χ3v) is 8.14. The van der Waals surface area contributed by atoms with Crippen LogP contribution in [0.15, 0.2) is 41.3 Å². The van der Waals surface area contributed by atoms with Gasteiger partial charge in [-0.15, -0.1) is 0 Å². The molecule has 2 aromatic rings. The third-order valence-electron chi connectivity index (χ3n) is 5.79. The summed E-state index contributed by atoms with van der Waals surface area (Å²) in [5.74, 6) is 1.35. The molecule has 0 aromatic heterocycles. The standard InChI is InChI=1S/C23H27ClN2O5S/c1-16-4-3-9-26(14-16)32(28,29)22-13-18(6-7-19(22)24)23(27)25(2)15-17-5-8-20-21(12-17)31-11-10-30-20/h5-8,12-13,16H,3-4,9-11,14-15H2,1-2H3. The van der Waals surface area contributed by atoms with Crippen molar-refractivity contribution in [1.29, 1.82) is 0 Å². The van der Waals surface area contributed by atoms with E-state index in [0.29, 0.717) is 50.3 Å². The van der Waals surface area contributed by atoms with Crippen LogP contribution >= 0.6 is 11.6 Å². The quantitative estimate of drug-likeness (QED) is 0.653. The molecular formula is C23H27ClN2O5S. The van der Waals surface area contributed by atoms with Gasteiger partial charge in [-0.05, 0) is 54.7 Å². The summed E-state index contributed by atoms with van der Waals surface area (Å²) in [4.78, 5) is 14.6. The molecule has 2 aliphatic heterocycles. The van der Waals surface area contributed by atoms with Crippen molar-refractivity contribution < 1.29 is 22.7 Å². The van der Waals surface area contributed by atoms with E-state index in [1.54, 1.807) is 13.1 Å².